The minimum Gasteiger partial charge on any atom is -0.373 e. The molecule has 0 N–H and O–H groups in total. The lowest BCUT2D eigenvalue weighted by Crippen LogP contribution is -2.14. The van der Waals surface area contributed by atoms with E-state index in [0.29, 0.717) is 16.4 Å². The maximum absolute atomic E-state index is 14.1. The van der Waals surface area contributed by atoms with Crippen molar-refractivity contribution in [1.29, 1.82) is 0 Å². The first-order valence-electron chi connectivity index (χ1n) is 8.42. The summed E-state index contributed by atoms with van der Waals surface area (Å²) in [5.74, 6) is -3.25. The third-order valence-electron chi connectivity index (χ3n) is 3.97. The van der Waals surface area contributed by atoms with Gasteiger partial charge >= 0.3 is 0 Å². The lowest BCUT2D eigenvalue weighted by molar-refractivity contribution is -0.116. The number of hydrogen-bond acceptors (Lipinski definition) is 3. The Morgan fingerprint density at radius 3 is 2.39 bits per heavy atom. The van der Waals surface area contributed by atoms with E-state index in [1.54, 1.807) is 12.1 Å². The third kappa shape index (κ3) is 6.66. The molecular weight excluding hydrogens is 552 g/mol. The molecule has 0 atom stereocenters. The summed E-state index contributed by atoms with van der Waals surface area (Å²) >= 11 is 5.02. The molecule has 0 heterocycles. The van der Waals surface area contributed by atoms with Gasteiger partial charge in [-0.15, -0.1) is 0 Å². The highest BCUT2D eigenvalue weighted by Gasteiger charge is 2.18. The first kappa shape index (κ1) is 23.0. The highest BCUT2D eigenvalue weighted by molar-refractivity contribution is 14.1. The van der Waals surface area contributed by atoms with Crippen LogP contribution in [0.5, 0.6) is 0 Å². The molecule has 0 saturated carbocycles. The molecule has 0 radical (unpaired) electrons. The minimum atomic E-state index is -1.15. The van der Waals surface area contributed by atoms with E-state index in [0.717, 1.165) is 12.1 Å². The molecule has 0 aliphatic heterocycles. The number of hydrogen-bond donors (Lipinski definition) is 0. The number of alkyl halides is 1. The first-order valence-corrected chi connectivity index (χ1v) is 10.6. The molecule has 0 saturated heterocycles. The van der Waals surface area contributed by atoms with Gasteiger partial charge in [0.2, 0.25) is 0 Å². The predicted octanol–water partition coefficient (Wildman–Crippen LogP) is 5.24. The zero-order valence-electron chi connectivity index (χ0n) is 14.7. The Morgan fingerprint density at radius 1 is 1.00 bits per heavy atom. The number of ether oxygens (including phenoxy) is 1. The summed E-state index contributed by atoms with van der Waals surface area (Å²) in [6, 6.07) is 6.29. The Bertz CT molecular complexity index is 874. The average Bonchev–Trinajstić information content (AvgIpc) is 2.65. The van der Waals surface area contributed by atoms with E-state index in [1.165, 1.54) is 6.07 Å². The quantitative estimate of drug-likeness (QED) is 0.170. The van der Waals surface area contributed by atoms with Gasteiger partial charge in [-0.05, 0) is 64.4 Å². The molecule has 0 unspecified atom stereocenters. The molecule has 3 nitrogen and oxygen atoms in total. The number of Topliss-reactive ketones (excluding diaryl/α,β-unsaturated/α-hetero) is 2. The van der Waals surface area contributed by atoms with Crippen molar-refractivity contribution in [3.63, 3.8) is 0 Å². The van der Waals surface area contributed by atoms with Crippen molar-refractivity contribution in [1.82, 2.24) is 0 Å². The number of halogens is 5. The largest absolute Gasteiger partial charge is 0.373 e. The minimum absolute atomic E-state index is 0.0253. The van der Waals surface area contributed by atoms with Crippen LogP contribution in [0.3, 0.4) is 0 Å². The maximum atomic E-state index is 14.1. The van der Waals surface area contributed by atoms with Crippen molar-refractivity contribution in [3.8, 4) is 0 Å². The summed E-state index contributed by atoms with van der Waals surface area (Å²) in [5, 5.41) is 0.263. The topological polar surface area (TPSA) is 43.4 Å². The molecule has 8 heteroatoms. The van der Waals surface area contributed by atoms with Crippen LogP contribution in [0.2, 0.25) is 0 Å². The zero-order chi connectivity index (χ0) is 20.7. The monoisotopic (exact) mass is 568 g/mol. The van der Waals surface area contributed by atoms with E-state index in [9.17, 15) is 22.8 Å². The van der Waals surface area contributed by atoms with Crippen molar-refractivity contribution < 1.29 is 27.5 Å². The van der Waals surface area contributed by atoms with Crippen LogP contribution >= 0.6 is 38.5 Å². The van der Waals surface area contributed by atoms with Crippen LogP contribution in [0.1, 0.15) is 34.3 Å². The van der Waals surface area contributed by atoms with Gasteiger partial charge in [0.05, 0.1) is 5.33 Å². The Hall–Kier alpha value is -1.26. The van der Waals surface area contributed by atoms with E-state index in [2.05, 4.69) is 15.9 Å². The molecule has 0 fully saturated rings. The molecule has 28 heavy (non-hydrogen) atoms. The molecule has 2 aromatic carbocycles. The van der Waals surface area contributed by atoms with E-state index in [1.807, 2.05) is 22.6 Å². The van der Waals surface area contributed by atoms with Crippen LogP contribution in [-0.4, -0.2) is 30.1 Å². The Kier molecular flexibility index (Phi) is 9.10. The van der Waals surface area contributed by atoms with Gasteiger partial charge in [-0.1, -0.05) is 22.0 Å². The van der Waals surface area contributed by atoms with Gasteiger partial charge in [-0.2, -0.15) is 0 Å². The second-order valence-electron chi connectivity index (χ2n) is 6.09. The van der Waals surface area contributed by atoms with Crippen LogP contribution in [-0.2, 0) is 16.0 Å². The van der Waals surface area contributed by atoms with Gasteiger partial charge < -0.3 is 4.74 Å². The summed E-state index contributed by atoms with van der Waals surface area (Å²) in [6.45, 7) is -0.148. The van der Waals surface area contributed by atoms with Crippen molar-refractivity contribution in [2.45, 2.75) is 19.3 Å². The molecule has 0 spiro atoms. The Morgan fingerprint density at radius 2 is 1.71 bits per heavy atom. The van der Waals surface area contributed by atoms with Crippen LogP contribution in [0, 0.1) is 21.0 Å². The standard InChI is InChI=1S/C20H17BrF3IO3/c21-10-15(26)2-1-5-28-11-20(27)16-9-19(24)18(23)7-13(16)6-12-3-4-14(25)8-17(12)22/h3-4,7-9H,1-2,5-6,10-11H2. The molecule has 0 aliphatic rings. The second-order valence-corrected chi connectivity index (χ2v) is 7.89. The van der Waals surface area contributed by atoms with Gasteiger partial charge in [-0.3, -0.25) is 9.59 Å². The molecule has 2 aromatic rings. The van der Waals surface area contributed by atoms with E-state index < -0.39 is 23.2 Å². The first-order chi connectivity index (χ1) is 13.3. The van der Waals surface area contributed by atoms with Crippen molar-refractivity contribution in [2.24, 2.45) is 0 Å². The number of carbonyl (C=O) groups excluding carboxylic acids is 2. The van der Waals surface area contributed by atoms with Crippen LogP contribution in [0.4, 0.5) is 13.2 Å². The number of ketones is 2. The van der Waals surface area contributed by atoms with Gasteiger partial charge in [0, 0.05) is 28.6 Å². The van der Waals surface area contributed by atoms with Crippen molar-refractivity contribution in [3.05, 3.63) is 68.0 Å². The Balaban J connectivity index is 2.11. The van der Waals surface area contributed by atoms with E-state index >= 15 is 0 Å². The lowest BCUT2D eigenvalue weighted by atomic mass is 9.96. The summed E-state index contributed by atoms with van der Waals surface area (Å²) in [7, 11) is 0. The number of benzene rings is 2. The van der Waals surface area contributed by atoms with Crippen molar-refractivity contribution >= 4 is 50.1 Å². The molecule has 0 aliphatic carbocycles. The van der Waals surface area contributed by atoms with Crippen LogP contribution in [0.15, 0.2) is 30.3 Å². The van der Waals surface area contributed by atoms with Crippen LogP contribution < -0.4 is 0 Å². The molecular formula is C20H17BrF3IO3. The smallest absolute Gasteiger partial charge is 0.188 e. The predicted molar refractivity (Wildman–Crippen MR) is 111 cm³/mol. The molecule has 2 rings (SSSR count). The second kappa shape index (κ2) is 11.1. The molecule has 0 amide bonds. The highest BCUT2D eigenvalue weighted by atomic mass is 127. The van der Waals surface area contributed by atoms with Gasteiger partial charge in [-0.25, -0.2) is 13.2 Å². The lowest BCUT2D eigenvalue weighted by Gasteiger charge is -2.11. The zero-order valence-corrected chi connectivity index (χ0v) is 18.5. The number of rotatable bonds is 10. The summed E-state index contributed by atoms with van der Waals surface area (Å²) in [5.41, 5.74) is 0.408. The maximum Gasteiger partial charge on any atom is 0.188 e. The molecule has 0 aromatic heterocycles. The van der Waals surface area contributed by atoms with Crippen molar-refractivity contribution in [2.75, 3.05) is 18.5 Å². The summed E-state index contributed by atoms with van der Waals surface area (Å²) in [6.07, 6.45) is 0.721. The van der Waals surface area contributed by atoms with Gasteiger partial charge in [0.25, 0.3) is 0 Å². The average molecular weight is 569 g/mol. The third-order valence-corrected chi connectivity index (χ3v) is 5.27. The van der Waals surface area contributed by atoms with Gasteiger partial charge in [0.15, 0.2) is 17.4 Å². The van der Waals surface area contributed by atoms with Crippen LogP contribution in [0.25, 0.3) is 0 Å². The van der Waals surface area contributed by atoms with E-state index in [4.69, 9.17) is 4.74 Å². The SMILES string of the molecule is O=C(CBr)CCCOCC(=O)c1cc(F)c(F)cc1Cc1ccc(I)cc1F. The summed E-state index contributed by atoms with van der Waals surface area (Å²) in [4.78, 5) is 23.6. The Labute approximate surface area is 182 Å². The van der Waals surface area contributed by atoms with E-state index in [-0.39, 0.29) is 47.4 Å². The fourth-order valence-electron chi connectivity index (χ4n) is 2.54. The van der Waals surface area contributed by atoms with Gasteiger partial charge in [0.1, 0.15) is 18.2 Å². The normalized spacial score (nSPS) is 10.9. The number of carbonyl (C=O) groups is 2. The molecule has 0 bridgehead atoms. The fourth-order valence-corrected chi connectivity index (χ4v) is 3.28. The fraction of sp³-hybridized carbons (Fsp3) is 0.300. The highest BCUT2D eigenvalue weighted by Crippen LogP contribution is 2.22. The summed E-state index contributed by atoms with van der Waals surface area (Å²) < 4.78 is 47.4. The molecule has 150 valence electrons.